The molecule has 0 radical (unpaired) electrons. The Morgan fingerprint density at radius 1 is 1.15 bits per heavy atom. The van der Waals surface area contributed by atoms with Crippen LogP contribution in [0.2, 0.25) is 0 Å². The predicted octanol–water partition coefficient (Wildman–Crippen LogP) is 2.78. The summed E-state index contributed by atoms with van der Waals surface area (Å²) >= 11 is 0. The molecule has 0 atom stereocenters. The maximum atomic E-state index is 11.1. The van der Waals surface area contributed by atoms with Crippen LogP contribution in [0.5, 0.6) is 5.75 Å². The topological polar surface area (TPSA) is 49.8 Å². The normalized spacial score (nSPS) is 13.1. The van der Waals surface area contributed by atoms with E-state index in [1.807, 2.05) is 12.1 Å². The van der Waals surface area contributed by atoms with Crippen molar-refractivity contribution in [3.8, 4) is 5.75 Å². The fraction of sp³-hybridized carbons (Fsp3) is 0.188. The summed E-state index contributed by atoms with van der Waals surface area (Å²) in [7, 11) is 0. The third kappa shape index (κ3) is 2.32. The van der Waals surface area contributed by atoms with Gasteiger partial charge in [-0.25, -0.2) is 4.79 Å². The minimum absolute atomic E-state index is 0.194. The maximum Gasteiger partial charge on any atom is 0.339 e. The number of aromatic carboxylic acids is 1. The third-order valence-corrected chi connectivity index (χ3v) is 3.48. The first-order valence-electron chi connectivity index (χ1n) is 6.53. The van der Waals surface area contributed by atoms with E-state index in [-0.39, 0.29) is 5.56 Å². The molecule has 0 saturated heterocycles. The van der Waals surface area contributed by atoms with E-state index < -0.39 is 5.97 Å². The van der Waals surface area contributed by atoms with Crippen molar-refractivity contribution in [1.82, 2.24) is 0 Å². The summed E-state index contributed by atoms with van der Waals surface area (Å²) in [5, 5.41) is 9.12. The van der Waals surface area contributed by atoms with E-state index in [0.717, 1.165) is 13.0 Å². The minimum Gasteiger partial charge on any atom is -0.478 e. The number of hydrogen-bond acceptors (Lipinski definition) is 3. The minimum atomic E-state index is -0.970. The zero-order valence-corrected chi connectivity index (χ0v) is 11.0. The quantitative estimate of drug-likeness (QED) is 0.927. The van der Waals surface area contributed by atoms with Crippen LogP contribution in [0.3, 0.4) is 0 Å². The number of anilines is 1. The molecule has 4 heteroatoms. The zero-order valence-electron chi connectivity index (χ0n) is 11.0. The Morgan fingerprint density at radius 2 is 1.90 bits per heavy atom. The molecule has 2 aromatic rings. The Hall–Kier alpha value is -2.49. The number of carbonyl (C=O) groups is 1. The molecular formula is C16H15NO3. The summed E-state index contributed by atoms with van der Waals surface area (Å²) < 4.78 is 5.68. The first-order valence-corrected chi connectivity index (χ1v) is 6.53. The molecule has 4 nitrogen and oxygen atoms in total. The Morgan fingerprint density at radius 3 is 2.75 bits per heavy atom. The number of fused-ring (bicyclic) bond motifs is 1. The molecule has 0 amide bonds. The van der Waals surface area contributed by atoms with E-state index in [2.05, 4.69) is 17.0 Å². The van der Waals surface area contributed by atoms with Gasteiger partial charge in [0.1, 0.15) is 11.3 Å². The van der Waals surface area contributed by atoms with E-state index in [1.54, 1.807) is 24.3 Å². The highest BCUT2D eigenvalue weighted by atomic mass is 16.5. The van der Waals surface area contributed by atoms with Crippen molar-refractivity contribution in [2.75, 3.05) is 18.2 Å². The van der Waals surface area contributed by atoms with Gasteiger partial charge in [-0.1, -0.05) is 30.3 Å². The number of carboxylic acid groups (broad SMARTS) is 1. The number of para-hydroxylation sites is 2. The molecule has 0 aromatic heterocycles. The van der Waals surface area contributed by atoms with Gasteiger partial charge in [0.25, 0.3) is 0 Å². The van der Waals surface area contributed by atoms with Crippen LogP contribution in [0, 0.1) is 0 Å². The standard InChI is InChI=1S/C16H15NO3/c18-16(19)13-6-2-4-8-15(13)20-11-17-10-9-12-5-1-3-7-14(12)17/h1-8H,9-11H2,(H,18,19). The fourth-order valence-corrected chi connectivity index (χ4v) is 2.46. The van der Waals surface area contributed by atoms with Crippen LogP contribution in [0.4, 0.5) is 5.69 Å². The molecule has 1 N–H and O–H groups in total. The van der Waals surface area contributed by atoms with Crippen LogP contribution >= 0.6 is 0 Å². The number of ether oxygens (including phenoxy) is 1. The highest BCUT2D eigenvalue weighted by Crippen LogP contribution is 2.27. The van der Waals surface area contributed by atoms with Gasteiger partial charge in [-0.3, -0.25) is 0 Å². The van der Waals surface area contributed by atoms with Gasteiger partial charge in [0.2, 0.25) is 0 Å². The lowest BCUT2D eigenvalue weighted by Crippen LogP contribution is -2.26. The van der Waals surface area contributed by atoms with Crippen molar-refractivity contribution in [3.63, 3.8) is 0 Å². The van der Waals surface area contributed by atoms with Crippen molar-refractivity contribution in [2.45, 2.75) is 6.42 Å². The zero-order chi connectivity index (χ0) is 13.9. The van der Waals surface area contributed by atoms with Crippen LogP contribution in [-0.4, -0.2) is 24.4 Å². The molecule has 1 aliphatic rings. The highest BCUT2D eigenvalue weighted by Gasteiger charge is 2.19. The monoisotopic (exact) mass is 269 g/mol. The van der Waals surface area contributed by atoms with Gasteiger partial charge in [-0.15, -0.1) is 0 Å². The molecule has 2 aromatic carbocycles. The second-order valence-corrected chi connectivity index (χ2v) is 4.72. The first kappa shape index (κ1) is 12.5. The van der Waals surface area contributed by atoms with Crippen LogP contribution < -0.4 is 9.64 Å². The predicted molar refractivity (Wildman–Crippen MR) is 76.4 cm³/mol. The van der Waals surface area contributed by atoms with Gasteiger partial charge >= 0.3 is 5.97 Å². The summed E-state index contributed by atoms with van der Waals surface area (Å²) in [6.45, 7) is 1.26. The smallest absolute Gasteiger partial charge is 0.339 e. The van der Waals surface area contributed by atoms with Crippen LogP contribution in [-0.2, 0) is 6.42 Å². The largest absolute Gasteiger partial charge is 0.478 e. The van der Waals surface area contributed by atoms with Gasteiger partial charge in [-0.05, 0) is 30.2 Å². The molecule has 1 aliphatic heterocycles. The Labute approximate surface area is 117 Å². The van der Waals surface area contributed by atoms with Crippen molar-refractivity contribution in [1.29, 1.82) is 0 Å². The van der Waals surface area contributed by atoms with Crippen molar-refractivity contribution in [2.24, 2.45) is 0 Å². The lowest BCUT2D eigenvalue weighted by Gasteiger charge is -2.20. The molecule has 0 saturated carbocycles. The molecule has 0 spiro atoms. The molecule has 20 heavy (non-hydrogen) atoms. The lowest BCUT2D eigenvalue weighted by atomic mass is 10.2. The van der Waals surface area contributed by atoms with Gasteiger partial charge in [-0.2, -0.15) is 0 Å². The van der Waals surface area contributed by atoms with Crippen LogP contribution in [0.25, 0.3) is 0 Å². The van der Waals surface area contributed by atoms with Gasteiger partial charge in [0.05, 0.1) is 0 Å². The summed E-state index contributed by atoms with van der Waals surface area (Å²) in [6.07, 6.45) is 1.00. The Kier molecular flexibility index (Phi) is 3.29. The average molecular weight is 269 g/mol. The number of benzene rings is 2. The van der Waals surface area contributed by atoms with E-state index in [4.69, 9.17) is 9.84 Å². The number of rotatable bonds is 4. The highest BCUT2D eigenvalue weighted by molar-refractivity contribution is 5.90. The molecule has 0 aliphatic carbocycles. The van der Waals surface area contributed by atoms with E-state index in [9.17, 15) is 4.79 Å². The molecule has 3 rings (SSSR count). The fourth-order valence-electron chi connectivity index (χ4n) is 2.46. The first-order chi connectivity index (χ1) is 9.75. The molecule has 0 bridgehead atoms. The number of carboxylic acids is 1. The summed E-state index contributed by atoms with van der Waals surface area (Å²) in [6, 6.07) is 14.9. The molecule has 1 heterocycles. The second-order valence-electron chi connectivity index (χ2n) is 4.72. The molecular weight excluding hydrogens is 254 g/mol. The van der Waals surface area contributed by atoms with E-state index in [1.165, 1.54) is 11.3 Å². The van der Waals surface area contributed by atoms with Gasteiger partial charge in [0, 0.05) is 12.2 Å². The maximum absolute atomic E-state index is 11.1. The number of nitrogens with zero attached hydrogens (tertiary/aromatic N) is 1. The van der Waals surface area contributed by atoms with Gasteiger partial charge in [0.15, 0.2) is 6.73 Å². The summed E-state index contributed by atoms with van der Waals surface area (Å²) in [4.78, 5) is 13.2. The average Bonchev–Trinajstić information content (AvgIpc) is 2.88. The SMILES string of the molecule is O=C(O)c1ccccc1OCN1CCc2ccccc21. The van der Waals surface area contributed by atoms with E-state index >= 15 is 0 Å². The molecule has 0 fully saturated rings. The van der Waals surface area contributed by atoms with E-state index in [0.29, 0.717) is 12.5 Å². The molecule has 0 unspecified atom stereocenters. The Bertz CT molecular complexity index is 639. The second kappa shape index (κ2) is 5.25. The van der Waals surface area contributed by atoms with Gasteiger partial charge < -0.3 is 14.7 Å². The Balaban J connectivity index is 1.74. The van der Waals surface area contributed by atoms with Crippen LogP contribution in [0.1, 0.15) is 15.9 Å². The third-order valence-electron chi connectivity index (χ3n) is 3.48. The number of hydrogen-bond donors (Lipinski definition) is 1. The van der Waals surface area contributed by atoms with Crippen LogP contribution in [0.15, 0.2) is 48.5 Å². The lowest BCUT2D eigenvalue weighted by molar-refractivity contribution is 0.0692. The van der Waals surface area contributed by atoms with Crippen molar-refractivity contribution < 1.29 is 14.6 Å². The summed E-state index contributed by atoms with van der Waals surface area (Å²) in [5.41, 5.74) is 2.67. The van der Waals surface area contributed by atoms with Crippen molar-refractivity contribution >= 4 is 11.7 Å². The molecule has 102 valence electrons. The summed E-state index contributed by atoms with van der Waals surface area (Å²) in [5.74, 6) is -0.563. The van der Waals surface area contributed by atoms with Crippen molar-refractivity contribution in [3.05, 3.63) is 59.7 Å².